The number of anilines is 1. The maximum atomic E-state index is 11.8. The summed E-state index contributed by atoms with van der Waals surface area (Å²) in [5, 5.41) is 2.79. The highest BCUT2D eigenvalue weighted by atomic mass is 16.5. The van der Waals surface area contributed by atoms with Gasteiger partial charge < -0.3 is 21.5 Å². The van der Waals surface area contributed by atoms with Gasteiger partial charge in [-0.2, -0.15) is 0 Å². The van der Waals surface area contributed by atoms with Gasteiger partial charge in [0.05, 0.1) is 0 Å². The van der Waals surface area contributed by atoms with Gasteiger partial charge in [-0.25, -0.2) is 0 Å². The Morgan fingerprint density at radius 1 is 1.25 bits per heavy atom. The van der Waals surface area contributed by atoms with Crippen molar-refractivity contribution >= 4 is 17.5 Å². The molecule has 0 atom stereocenters. The van der Waals surface area contributed by atoms with Gasteiger partial charge in [-0.05, 0) is 43.5 Å². The largest absolute Gasteiger partial charge is 0.484 e. The number of amides is 2. The second-order valence-electron chi connectivity index (χ2n) is 5.22. The molecule has 1 aromatic rings. The normalized spacial score (nSPS) is 16.1. The predicted molar refractivity (Wildman–Crippen MR) is 75.1 cm³/mol. The molecule has 0 heterocycles. The first-order valence-corrected chi connectivity index (χ1v) is 6.57. The maximum absolute atomic E-state index is 11.8. The second-order valence-corrected chi connectivity index (χ2v) is 5.22. The second kappa shape index (κ2) is 5.92. The van der Waals surface area contributed by atoms with Crippen LogP contribution in [0.2, 0.25) is 0 Å². The number of primary amides is 1. The molecule has 0 unspecified atom stereocenters. The zero-order valence-electron chi connectivity index (χ0n) is 11.2. The third kappa shape index (κ3) is 3.96. The Hall–Kier alpha value is -2.08. The van der Waals surface area contributed by atoms with Crippen LogP contribution in [0.15, 0.2) is 24.3 Å². The molecule has 20 heavy (non-hydrogen) atoms. The average molecular weight is 277 g/mol. The van der Waals surface area contributed by atoms with Gasteiger partial charge in [0.25, 0.3) is 5.91 Å². The number of hydrogen-bond donors (Lipinski definition) is 3. The minimum atomic E-state index is -0.531. The summed E-state index contributed by atoms with van der Waals surface area (Å²) in [5.41, 5.74) is 11.4. The predicted octanol–water partition coefficient (Wildman–Crippen LogP) is 0.761. The van der Waals surface area contributed by atoms with E-state index in [2.05, 4.69) is 5.32 Å². The molecule has 1 aliphatic rings. The van der Waals surface area contributed by atoms with Crippen molar-refractivity contribution in [3.05, 3.63) is 24.3 Å². The fourth-order valence-electron chi connectivity index (χ4n) is 2.12. The van der Waals surface area contributed by atoms with Crippen molar-refractivity contribution in [3.8, 4) is 5.75 Å². The number of rotatable bonds is 6. The summed E-state index contributed by atoms with van der Waals surface area (Å²) in [6.07, 6.45) is 3.24. The molecule has 1 fully saturated rings. The van der Waals surface area contributed by atoms with E-state index in [0.29, 0.717) is 17.9 Å². The van der Waals surface area contributed by atoms with E-state index < -0.39 is 5.91 Å². The molecule has 0 aromatic heterocycles. The van der Waals surface area contributed by atoms with E-state index in [4.69, 9.17) is 16.2 Å². The molecule has 0 radical (unpaired) electrons. The van der Waals surface area contributed by atoms with Gasteiger partial charge in [0.15, 0.2) is 6.61 Å². The number of benzene rings is 1. The number of ether oxygens (including phenoxy) is 1. The maximum Gasteiger partial charge on any atom is 0.255 e. The van der Waals surface area contributed by atoms with Crippen LogP contribution in [-0.4, -0.2) is 24.0 Å². The van der Waals surface area contributed by atoms with Gasteiger partial charge in [0.2, 0.25) is 5.91 Å². The monoisotopic (exact) mass is 277 g/mol. The zero-order chi connectivity index (χ0) is 14.6. The van der Waals surface area contributed by atoms with Crippen molar-refractivity contribution in [1.29, 1.82) is 0 Å². The Kier molecular flexibility index (Phi) is 4.24. The van der Waals surface area contributed by atoms with Crippen LogP contribution in [0.4, 0.5) is 5.69 Å². The lowest BCUT2D eigenvalue weighted by atomic mass is 9.75. The standard InChI is InChI=1S/C14H19N3O3/c15-12(18)9-20-11-4-2-10(3-5-11)17-13(19)8-14(16)6-1-7-14/h2-5H,1,6-9,16H2,(H2,15,18)(H,17,19). The molecule has 2 rings (SSSR count). The summed E-state index contributed by atoms with van der Waals surface area (Å²) in [7, 11) is 0. The Bertz CT molecular complexity index is 495. The molecule has 0 saturated heterocycles. The lowest BCUT2D eigenvalue weighted by molar-refractivity contribution is -0.120. The Morgan fingerprint density at radius 3 is 2.40 bits per heavy atom. The smallest absolute Gasteiger partial charge is 0.255 e. The summed E-state index contributed by atoms with van der Waals surface area (Å²) in [4.78, 5) is 22.4. The van der Waals surface area contributed by atoms with Crippen molar-refractivity contribution in [2.45, 2.75) is 31.2 Å². The van der Waals surface area contributed by atoms with Gasteiger partial charge in [0.1, 0.15) is 5.75 Å². The van der Waals surface area contributed by atoms with Crippen molar-refractivity contribution in [3.63, 3.8) is 0 Å². The van der Waals surface area contributed by atoms with E-state index in [1.54, 1.807) is 24.3 Å². The first-order valence-electron chi connectivity index (χ1n) is 6.57. The highest BCUT2D eigenvalue weighted by Gasteiger charge is 2.34. The average Bonchev–Trinajstić information content (AvgIpc) is 2.36. The van der Waals surface area contributed by atoms with Crippen molar-refractivity contribution in [2.24, 2.45) is 11.5 Å². The molecule has 2 amide bonds. The van der Waals surface area contributed by atoms with Crippen molar-refractivity contribution in [2.75, 3.05) is 11.9 Å². The van der Waals surface area contributed by atoms with Crippen LogP contribution >= 0.6 is 0 Å². The van der Waals surface area contributed by atoms with Crippen LogP contribution in [0, 0.1) is 0 Å². The first kappa shape index (κ1) is 14.3. The van der Waals surface area contributed by atoms with E-state index in [-0.39, 0.29) is 18.1 Å². The number of carbonyl (C=O) groups excluding carboxylic acids is 2. The molecule has 0 spiro atoms. The van der Waals surface area contributed by atoms with Gasteiger partial charge in [0, 0.05) is 17.6 Å². The van der Waals surface area contributed by atoms with Crippen molar-refractivity contribution in [1.82, 2.24) is 0 Å². The van der Waals surface area contributed by atoms with Crippen LogP contribution in [-0.2, 0) is 9.59 Å². The summed E-state index contributed by atoms with van der Waals surface area (Å²) in [5.74, 6) is -0.0924. The molecule has 108 valence electrons. The lowest BCUT2D eigenvalue weighted by Gasteiger charge is -2.37. The first-order chi connectivity index (χ1) is 9.47. The van der Waals surface area contributed by atoms with E-state index >= 15 is 0 Å². The summed E-state index contributed by atoms with van der Waals surface area (Å²) >= 11 is 0. The highest BCUT2D eigenvalue weighted by Crippen LogP contribution is 2.32. The molecule has 0 aliphatic heterocycles. The van der Waals surface area contributed by atoms with E-state index in [1.807, 2.05) is 0 Å². The summed E-state index contributed by atoms with van der Waals surface area (Å²) in [6.45, 7) is -0.165. The minimum Gasteiger partial charge on any atom is -0.484 e. The molecule has 6 heteroatoms. The third-order valence-electron chi connectivity index (χ3n) is 3.38. The van der Waals surface area contributed by atoms with E-state index in [9.17, 15) is 9.59 Å². The quantitative estimate of drug-likeness (QED) is 0.713. The number of carbonyl (C=O) groups is 2. The van der Waals surface area contributed by atoms with Crippen LogP contribution in [0.5, 0.6) is 5.75 Å². The van der Waals surface area contributed by atoms with Gasteiger partial charge in [-0.15, -0.1) is 0 Å². The van der Waals surface area contributed by atoms with E-state index in [1.165, 1.54) is 0 Å². The SMILES string of the molecule is NC(=O)COc1ccc(NC(=O)CC2(N)CCC2)cc1. The molecule has 6 nitrogen and oxygen atoms in total. The molecule has 1 saturated carbocycles. The highest BCUT2D eigenvalue weighted by molar-refractivity contribution is 5.91. The van der Waals surface area contributed by atoms with Crippen LogP contribution in [0.3, 0.4) is 0 Å². The van der Waals surface area contributed by atoms with Gasteiger partial charge in [-0.3, -0.25) is 9.59 Å². The van der Waals surface area contributed by atoms with Crippen LogP contribution in [0.1, 0.15) is 25.7 Å². The fraction of sp³-hybridized carbons (Fsp3) is 0.429. The summed E-state index contributed by atoms with van der Waals surface area (Å²) in [6, 6.07) is 6.75. The van der Waals surface area contributed by atoms with E-state index in [0.717, 1.165) is 19.3 Å². The topological polar surface area (TPSA) is 107 Å². The third-order valence-corrected chi connectivity index (χ3v) is 3.38. The number of hydrogen-bond acceptors (Lipinski definition) is 4. The Morgan fingerprint density at radius 2 is 1.90 bits per heavy atom. The van der Waals surface area contributed by atoms with Crippen LogP contribution in [0.25, 0.3) is 0 Å². The molecule has 1 aromatic carbocycles. The minimum absolute atomic E-state index is 0.0852. The molecule has 1 aliphatic carbocycles. The Labute approximate surface area is 117 Å². The van der Waals surface area contributed by atoms with Gasteiger partial charge in [-0.1, -0.05) is 0 Å². The molecule has 5 N–H and O–H groups in total. The molecular weight excluding hydrogens is 258 g/mol. The lowest BCUT2D eigenvalue weighted by Crippen LogP contribution is -2.48. The fourth-order valence-corrected chi connectivity index (χ4v) is 2.12. The Balaban J connectivity index is 1.83. The molecule has 0 bridgehead atoms. The number of nitrogens with one attached hydrogen (secondary N) is 1. The van der Waals surface area contributed by atoms with Crippen LogP contribution < -0.4 is 21.5 Å². The summed E-state index contributed by atoms with van der Waals surface area (Å²) < 4.78 is 5.13. The number of nitrogens with two attached hydrogens (primary N) is 2. The van der Waals surface area contributed by atoms with Gasteiger partial charge >= 0.3 is 0 Å². The zero-order valence-corrected chi connectivity index (χ0v) is 11.2. The molecular formula is C14H19N3O3. The van der Waals surface area contributed by atoms with Crippen molar-refractivity contribution < 1.29 is 14.3 Å².